The van der Waals surface area contributed by atoms with Crippen LogP contribution in [0.1, 0.15) is 25.0 Å². The molecule has 0 atom stereocenters. The lowest BCUT2D eigenvalue weighted by atomic mass is 10.1. The topological polar surface area (TPSA) is 26.3 Å². The Kier molecular flexibility index (Phi) is 4.10. The Morgan fingerprint density at radius 1 is 1.40 bits per heavy atom. The summed E-state index contributed by atoms with van der Waals surface area (Å²) in [5, 5.41) is 0. The minimum Gasteiger partial charge on any atom is -0.463 e. The molecule has 0 amide bonds. The molecule has 0 aliphatic rings. The van der Waals surface area contributed by atoms with E-state index < -0.39 is 0 Å². The van der Waals surface area contributed by atoms with Gasteiger partial charge in [0, 0.05) is 5.57 Å². The van der Waals surface area contributed by atoms with Gasteiger partial charge in [-0.3, -0.25) is 0 Å². The molecule has 15 heavy (non-hydrogen) atoms. The fraction of sp³-hybridized carbons (Fsp3) is 0.308. The lowest BCUT2D eigenvalue weighted by molar-refractivity contribution is -0.138. The van der Waals surface area contributed by atoms with Crippen LogP contribution in [0.3, 0.4) is 0 Å². The third kappa shape index (κ3) is 3.24. The molecular formula is C13H16O2. The van der Waals surface area contributed by atoms with Gasteiger partial charge in [-0.2, -0.15) is 0 Å². The van der Waals surface area contributed by atoms with Crippen molar-refractivity contribution >= 4 is 12.0 Å². The Labute approximate surface area is 90.6 Å². The molecule has 1 aromatic carbocycles. The molecule has 2 nitrogen and oxygen atoms in total. The smallest absolute Gasteiger partial charge is 0.333 e. The van der Waals surface area contributed by atoms with Crippen molar-refractivity contribution in [1.82, 2.24) is 0 Å². The van der Waals surface area contributed by atoms with Crippen LogP contribution in [0.25, 0.3) is 6.08 Å². The third-order valence-corrected chi connectivity index (χ3v) is 2.16. The molecule has 0 saturated heterocycles. The molecule has 1 aromatic rings. The Morgan fingerprint density at radius 2 is 2.07 bits per heavy atom. The average molecular weight is 204 g/mol. The van der Waals surface area contributed by atoms with Crippen molar-refractivity contribution in [2.75, 3.05) is 6.61 Å². The van der Waals surface area contributed by atoms with Crippen LogP contribution in [-0.2, 0) is 9.53 Å². The summed E-state index contributed by atoms with van der Waals surface area (Å²) in [5.74, 6) is -0.249. The predicted molar refractivity (Wildman–Crippen MR) is 61.5 cm³/mol. The second-order valence-corrected chi connectivity index (χ2v) is 3.40. The molecule has 2 heteroatoms. The summed E-state index contributed by atoms with van der Waals surface area (Å²) in [6.07, 6.45) is 1.85. The normalized spacial score (nSPS) is 11.3. The summed E-state index contributed by atoms with van der Waals surface area (Å²) in [4.78, 5) is 11.4. The second kappa shape index (κ2) is 5.35. The maximum absolute atomic E-state index is 11.4. The third-order valence-electron chi connectivity index (χ3n) is 2.16. The van der Waals surface area contributed by atoms with E-state index in [0.717, 1.165) is 11.1 Å². The van der Waals surface area contributed by atoms with Crippen molar-refractivity contribution in [2.24, 2.45) is 0 Å². The standard InChI is InChI=1S/C13H16O2/c1-4-15-13(14)11(3)9-12-8-6-5-7-10(12)2/h5-9H,4H2,1-3H3. The highest BCUT2D eigenvalue weighted by molar-refractivity contribution is 5.93. The van der Waals surface area contributed by atoms with Gasteiger partial charge in [0.2, 0.25) is 0 Å². The van der Waals surface area contributed by atoms with Gasteiger partial charge in [0.05, 0.1) is 6.61 Å². The van der Waals surface area contributed by atoms with E-state index in [1.54, 1.807) is 13.8 Å². The number of rotatable bonds is 3. The summed E-state index contributed by atoms with van der Waals surface area (Å²) in [6.45, 7) is 6.01. The highest BCUT2D eigenvalue weighted by Gasteiger charge is 2.04. The number of carbonyl (C=O) groups is 1. The number of benzene rings is 1. The minimum absolute atomic E-state index is 0.249. The summed E-state index contributed by atoms with van der Waals surface area (Å²) < 4.78 is 4.91. The number of hydrogen-bond donors (Lipinski definition) is 0. The van der Waals surface area contributed by atoms with Crippen molar-refractivity contribution in [3.8, 4) is 0 Å². The molecule has 0 heterocycles. The lowest BCUT2D eigenvalue weighted by Crippen LogP contribution is -2.04. The first-order valence-electron chi connectivity index (χ1n) is 5.06. The molecule has 80 valence electrons. The summed E-state index contributed by atoms with van der Waals surface area (Å²) >= 11 is 0. The van der Waals surface area contributed by atoms with Crippen LogP contribution in [0.2, 0.25) is 0 Å². The largest absolute Gasteiger partial charge is 0.463 e. The van der Waals surface area contributed by atoms with E-state index in [1.165, 1.54) is 0 Å². The minimum atomic E-state index is -0.249. The molecule has 0 spiro atoms. The van der Waals surface area contributed by atoms with Gasteiger partial charge in [0.1, 0.15) is 0 Å². The van der Waals surface area contributed by atoms with Crippen LogP contribution in [0.4, 0.5) is 0 Å². The van der Waals surface area contributed by atoms with Crippen LogP contribution in [0.15, 0.2) is 29.8 Å². The molecule has 0 aliphatic carbocycles. The van der Waals surface area contributed by atoms with Gasteiger partial charge in [-0.25, -0.2) is 4.79 Å². The van der Waals surface area contributed by atoms with Gasteiger partial charge in [0.25, 0.3) is 0 Å². The first-order chi connectivity index (χ1) is 7.15. The van der Waals surface area contributed by atoms with Gasteiger partial charge in [-0.1, -0.05) is 24.3 Å². The van der Waals surface area contributed by atoms with Crippen molar-refractivity contribution in [3.05, 3.63) is 41.0 Å². The van der Waals surface area contributed by atoms with Crippen LogP contribution in [0, 0.1) is 6.92 Å². The van der Waals surface area contributed by atoms with E-state index in [-0.39, 0.29) is 5.97 Å². The molecule has 0 N–H and O–H groups in total. The van der Waals surface area contributed by atoms with E-state index in [2.05, 4.69) is 0 Å². The Bertz CT molecular complexity index is 378. The highest BCUT2D eigenvalue weighted by atomic mass is 16.5. The van der Waals surface area contributed by atoms with Crippen molar-refractivity contribution in [2.45, 2.75) is 20.8 Å². The van der Waals surface area contributed by atoms with Crippen LogP contribution in [-0.4, -0.2) is 12.6 Å². The maximum atomic E-state index is 11.4. The fourth-order valence-electron chi connectivity index (χ4n) is 1.29. The molecule has 0 fully saturated rings. The SMILES string of the molecule is CCOC(=O)C(C)=Cc1ccccc1C. The van der Waals surface area contributed by atoms with Crippen molar-refractivity contribution < 1.29 is 9.53 Å². The average Bonchev–Trinajstić information content (AvgIpc) is 2.21. The maximum Gasteiger partial charge on any atom is 0.333 e. The molecule has 0 radical (unpaired) electrons. The van der Waals surface area contributed by atoms with Gasteiger partial charge in [-0.15, -0.1) is 0 Å². The zero-order chi connectivity index (χ0) is 11.3. The monoisotopic (exact) mass is 204 g/mol. The molecule has 0 aliphatic heterocycles. The first-order valence-corrected chi connectivity index (χ1v) is 5.06. The van der Waals surface area contributed by atoms with Gasteiger partial charge in [0.15, 0.2) is 0 Å². The molecular weight excluding hydrogens is 188 g/mol. The second-order valence-electron chi connectivity index (χ2n) is 3.40. The quantitative estimate of drug-likeness (QED) is 0.559. The fourth-order valence-corrected chi connectivity index (χ4v) is 1.29. The number of hydrogen-bond acceptors (Lipinski definition) is 2. The lowest BCUT2D eigenvalue weighted by Gasteiger charge is -2.03. The summed E-state index contributed by atoms with van der Waals surface area (Å²) in [6, 6.07) is 7.94. The Morgan fingerprint density at radius 3 is 2.67 bits per heavy atom. The van der Waals surface area contributed by atoms with E-state index in [9.17, 15) is 4.79 Å². The Balaban J connectivity index is 2.88. The summed E-state index contributed by atoms with van der Waals surface area (Å²) in [5.41, 5.74) is 2.84. The van der Waals surface area contributed by atoms with E-state index >= 15 is 0 Å². The highest BCUT2D eigenvalue weighted by Crippen LogP contribution is 2.12. The number of ether oxygens (including phenoxy) is 1. The first kappa shape index (κ1) is 11.5. The molecule has 0 saturated carbocycles. The Hall–Kier alpha value is -1.57. The molecule has 1 rings (SSSR count). The van der Waals surface area contributed by atoms with Crippen LogP contribution >= 0.6 is 0 Å². The van der Waals surface area contributed by atoms with Crippen LogP contribution < -0.4 is 0 Å². The number of esters is 1. The number of aryl methyl sites for hydroxylation is 1. The van der Waals surface area contributed by atoms with E-state index in [0.29, 0.717) is 12.2 Å². The van der Waals surface area contributed by atoms with Crippen molar-refractivity contribution in [3.63, 3.8) is 0 Å². The van der Waals surface area contributed by atoms with Crippen LogP contribution in [0.5, 0.6) is 0 Å². The zero-order valence-corrected chi connectivity index (χ0v) is 9.41. The van der Waals surface area contributed by atoms with E-state index in [1.807, 2.05) is 37.3 Å². The zero-order valence-electron chi connectivity index (χ0n) is 9.41. The molecule has 0 aromatic heterocycles. The van der Waals surface area contributed by atoms with E-state index in [4.69, 9.17) is 4.74 Å². The van der Waals surface area contributed by atoms with Crippen molar-refractivity contribution in [1.29, 1.82) is 0 Å². The molecule has 0 unspecified atom stereocenters. The molecule has 0 bridgehead atoms. The van der Waals surface area contributed by atoms with Gasteiger partial charge >= 0.3 is 5.97 Å². The van der Waals surface area contributed by atoms with Gasteiger partial charge < -0.3 is 4.74 Å². The summed E-state index contributed by atoms with van der Waals surface area (Å²) in [7, 11) is 0. The number of carbonyl (C=O) groups excluding carboxylic acids is 1. The van der Waals surface area contributed by atoms with Gasteiger partial charge in [-0.05, 0) is 38.0 Å². The predicted octanol–water partition coefficient (Wildman–Crippen LogP) is 2.96.